The molecule has 2 N–H and O–H groups in total. The van der Waals surface area contributed by atoms with Crippen LogP contribution in [0.3, 0.4) is 0 Å². The molecule has 0 fully saturated rings. The number of halogens is 1. The second-order valence-electron chi connectivity index (χ2n) is 6.49. The lowest BCUT2D eigenvalue weighted by Crippen LogP contribution is -2.16. The zero-order valence-electron chi connectivity index (χ0n) is 15.5. The van der Waals surface area contributed by atoms with E-state index in [1.165, 1.54) is 24.3 Å². The minimum absolute atomic E-state index is 0.0275. The van der Waals surface area contributed by atoms with Gasteiger partial charge in [-0.2, -0.15) is 0 Å². The molecule has 3 rings (SSSR count). The molecule has 0 atom stereocenters. The predicted molar refractivity (Wildman–Crippen MR) is 116 cm³/mol. The summed E-state index contributed by atoms with van der Waals surface area (Å²) < 4.78 is 54.6. The largest absolute Gasteiger partial charge is 0.283 e. The van der Waals surface area contributed by atoms with Crippen LogP contribution in [0.5, 0.6) is 0 Å². The number of hydrogen-bond acceptors (Lipinski definition) is 4. The van der Waals surface area contributed by atoms with E-state index in [1.54, 1.807) is 42.5 Å². The predicted octanol–water partition coefficient (Wildman–Crippen LogP) is 4.39. The molecule has 0 aliphatic carbocycles. The van der Waals surface area contributed by atoms with Crippen LogP contribution in [0.1, 0.15) is 11.1 Å². The summed E-state index contributed by atoms with van der Waals surface area (Å²) in [7, 11) is -7.44. The van der Waals surface area contributed by atoms with Crippen molar-refractivity contribution >= 4 is 43.0 Å². The maximum Gasteiger partial charge on any atom is 0.261 e. The lowest BCUT2D eigenvalue weighted by atomic mass is 10.2. The zero-order chi connectivity index (χ0) is 21.1. The van der Waals surface area contributed by atoms with Gasteiger partial charge in [0.15, 0.2) is 0 Å². The average Bonchev–Trinajstić information content (AvgIpc) is 2.63. The molecule has 0 aliphatic rings. The van der Waals surface area contributed by atoms with E-state index in [2.05, 4.69) is 9.44 Å². The smallest absolute Gasteiger partial charge is 0.261 e. The summed E-state index contributed by atoms with van der Waals surface area (Å²) in [4.78, 5) is 0.0275. The topological polar surface area (TPSA) is 92.3 Å². The highest BCUT2D eigenvalue weighted by atomic mass is 35.5. The van der Waals surface area contributed by atoms with Gasteiger partial charge >= 0.3 is 0 Å². The Morgan fingerprint density at radius 1 is 0.793 bits per heavy atom. The number of aryl methyl sites for hydroxylation is 1. The summed E-state index contributed by atoms with van der Waals surface area (Å²) in [5, 5.41) is 0.523. The molecule has 0 amide bonds. The first-order valence-corrected chi connectivity index (χ1v) is 12.1. The van der Waals surface area contributed by atoms with Gasteiger partial charge in [0.05, 0.1) is 10.6 Å². The molecule has 0 aromatic heterocycles. The highest BCUT2D eigenvalue weighted by molar-refractivity contribution is 7.92. The molecule has 0 aliphatic heterocycles. The van der Waals surface area contributed by atoms with Gasteiger partial charge in [0.1, 0.15) is 0 Å². The molecule has 0 heterocycles. The fourth-order valence-corrected chi connectivity index (χ4v) is 5.01. The van der Waals surface area contributed by atoms with Crippen molar-refractivity contribution in [3.05, 3.63) is 88.9 Å². The summed E-state index contributed by atoms with van der Waals surface area (Å²) in [6.07, 6.45) is 0. The Labute approximate surface area is 175 Å². The van der Waals surface area contributed by atoms with Crippen molar-refractivity contribution in [2.24, 2.45) is 0 Å². The molecular weight excluding hydrogens is 432 g/mol. The van der Waals surface area contributed by atoms with Crippen LogP contribution in [0.4, 0.5) is 11.4 Å². The molecule has 6 nitrogen and oxygen atoms in total. The summed E-state index contributed by atoms with van der Waals surface area (Å²) in [5.41, 5.74) is 2.24. The van der Waals surface area contributed by atoms with E-state index >= 15 is 0 Å². The molecule has 0 spiro atoms. The molecule has 0 saturated carbocycles. The van der Waals surface area contributed by atoms with Gasteiger partial charge in [-0.3, -0.25) is 9.44 Å². The van der Waals surface area contributed by atoms with Crippen LogP contribution in [0.25, 0.3) is 0 Å². The second-order valence-corrected chi connectivity index (χ2v) is 10.3. The normalized spacial score (nSPS) is 11.8. The first-order chi connectivity index (χ1) is 13.6. The van der Waals surface area contributed by atoms with Crippen LogP contribution in [-0.4, -0.2) is 16.8 Å². The van der Waals surface area contributed by atoms with E-state index in [1.807, 2.05) is 13.0 Å². The van der Waals surface area contributed by atoms with E-state index in [9.17, 15) is 16.8 Å². The van der Waals surface area contributed by atoms with Gasteiger partial charge in [0.25, 0.3) is 10.0 Å². The summed E-state index contributed by atoms with van der Waals surface area (Å²) >= 11 is 5.80. The lowest BCUT2D eigenvalue weighted by Gasteiger charge is -2.11. The third kappa shape index (κ3) is 5.96. The minimum Gasteiger partial charge on any atom is -0.283 e. The van der Waals surface area contributed by atoms with Crippen molar-refractivity contribution in [1.82, 2.24) is 0 Å². The summed E-state index contributed by atoms with van der Waals surface area (Å²) in [5.74, 6) is -0.223. The first kappa shape index (κ1) is 21.2. The fourth-order valence-electron chi connectivity index (χ4n) is 2.64. The number of rotatable bonds is 7. The fraction of sp³-hybridized carbons (Fsp3) is 0.100. The van der Waals surface area contributed by atoms with Gasteiger partial charge in [-0.1, -0.05) is 35.9 Å². The van der Waals surface area contributed by atoms with Crippen molar-refractivity contribution in [3.8, 4) is 0 Å². The number of benzene rings is 3. The van der Waals surface area contributed by atoms with Gasteiger partial charge in [0.2, 0.25) is 10.0 Å². The van der Waals surface area contributed by atoms with Gasteiger partial charge in [-0.15, -0.1) is 0 Å². The molecule has 0 bridgehead atoms. The van der Waals surface area contributed by atoms with E-state index in [-0.39, 0.29) is 16.3 Å². The molecule has 0 unspecified atom stereocenters. The number of hydrogen-bond donors (Lipinski definition) is 2. The first-order valence-electron chi connectivity index (χ1n) is 8.57. The standard InChI is InChI=1S/C20H19ClN2O4S2/c1-15-3-2-4-19(13-15)23-29(26,27)20-11-9-18(10-12-20)22-28(24,25)14-16-5-7-17(21)8-6-16/h2-13,22-23H,14H2,1H3. The van der Waals surface area contributed by atoms with Crippen molar-refractivity contribution in [2.45, 2.75) is 17.6 Å². The van der Waals surface area contributed by atoms with Crippen molar-refractivity contribution in [3.63, 3.8) is 0 Å². The third-order valence-electron chi connectivity index (χ3n) is 3.98. The highest BCUT2D eigenvalue weighted by Gasteiger charge is 2.16. The number of anilines is 2. The van der Waals surface area contributed by atoms with Gasteiger partial charge in [-0.05, 0) is 66.6 Å². The van der Waals surface area contributed by atoms with E-state index in [0.717, 1.165) is 5.56 Å². The maximum atomic E-state index is 12.5. The molecule has 152 valence electrons. The molecule has 29 heavy (non-hydrogen) atoms. The van der Waals surface area contributed by atoms with Gasteiger partial charge < -0.3 is 0 Å². The second kappa shape index (κ2) is 8.44. The van der Waals surface area contributed by atoms with Crippen LogP contribution in [0.2, 0.25) is 5.02 Å². The van der Waals surface area contributed by atoms with Gasteiger partial charge in [-0.25, -0.2) is 16.8 Å². The third-order valence-corrected chi connectivity index (χ3v) is 6.89. The Morgan fingerprint density at radius 3 is 2.07 bits per heavy atom. The van der Waals surface area contributed by atoms with Crippen molar-refractivity contribution in [1.29, 1.82) is 0 Å². The van der Waals surface area contributed by atoms with Crippen LogP contribution in [0, 0.1) is 6.92 Å². The van der Waals surface area contributed by atoms with E-state index in [4.69, 9.17) is 11.6 Å². The van der Waals surface area contributed by atoms with E-state index < -0.39 is 20.0 Å². The highest BCUT2D eigenvalue weighted by Crippen LogP contribution is 2.20. The number of nitrogens with one attached hydrogen (secondary N) is 2. The molecule has 0 radical (unpaired) electrons. The molecule has 0 saturated heterocycles. The summed E-state index contributed by atoms with van der Waals surface area (Å²) in [6, 6.07) is 19.0. The Balaban J connectivity index is 1.71. The Bertz CT molecular complexity index is 1210. The quantitative estimate of drug-likeness (QED) is 0.558. The average molecular weight is 451 g/mol. The van der Waals surface area contributed by atoms with Crippen LogP contribution >= 0.6 is 11.6 Å². The van der Waals surface area contributed by atoms with Gasteiger partial charge in [0, 0.05) is 16.4 Å². The Morgan fingerprint density at radius 2 is 1.45 bits per heavy atom. The molecule has 3 aromatic carbocycles. The molecular formula is C20H19ClN2O4S2. The van der Waals surface area contributed by atoms with Crippen LogP contribution in [-0.2, 0) is 25.8 Å². The SMILES string of the molecule is Cc1cccc(NS(=O)(=O)c2ccc(NS(=O)(=O)Cc3ccc(Cl)cc3)cc2)c1. The molecule has 9 heteroatoms. The summed E-state index contributed by atoms with van der Waals surface area (Å²) in [6.45, 7) is 1.86. The van der Waals surface area contributed by atoms with E-state index in [0.29, 0.717) is 16.3 Å². The number of sulfonamides is 2. The van der Waals surface area contributed by atoms with Crippen LogP contribution in [0.15, 0.2) is 77.7 Å². The molecule has 3 aromatic rings. The zero-order valence-corrected chi connectivity index (χ0v) is 17.9. The monoisotopic (exact) mass is 450 g/mol. The van der Waals surface area contributed by atoms with Crippen molar-refractivity contribution < 1.29 is 16.8 Å². The Hall–Kier alpha value is -2.55. The Kier molecular flexibility index (Phi) is 6.16. The minimum atomic E-state index is -3.78. The maximum absolute atomic E-state index is 12.5. The van der Waals surface area contributed by atoms with Crippen LogP contribution < -0.4 is 9.44 Å². The van der Waals surface area contributed by atoms with Crippen molar-refractivity contribution in [2.75, 3.05) is 9.44 Å². The lowest BCUT2D eigenvalue weighted by molar-refractivity contribution is 0.599.